The van der Waals surface area contributed by atoms with Crippen LogP contribution in [0.3, 0.4) is 0 Å². The molecule has 0 atom stereocenters. The van der Waals surface area contributed by atoms with E-state index in [1.807, 2.05) is 27.7 Å². The molecule has 8 heteroatoms. The zero-order valence-corrected chi connectivity index (χ0v) is 19.0. The molecule has 1 aromatic heterocycles. The number of H-pyrrole nitrogens is 1. The van der Waals surface area contributed by atoms with Gasteiger partial charge in [-0.3, -0.25) is 14.4 Å². The minimum absolute atomic E-state index is 0.0565. The maximum absolute atomic E-state index is 12.3. The van der Waals surface area contributed by atoms with Gasteiger partial charge in [0.15, 0.2) is 23.9 Å². The monoisotopic (exact) mass is 432 g/mol. The van der Waals surface area contributed by atoms with Gasteiger partial charge in [0.1, 0.15) is 0 Å². The lowest BCUT2D eigenvalue weighted by atomic mass is 9.91. The Morgan fingerprint density at radius 1 is 1.17 bits per heavy atom. The van der Waals surface area contributed by atoms with Gasteiger partial charge in [-0.05, 0) is 30.7 Å². The molecule has 0 aliphatic carbocycles. The van der Waals surface area contributed by atoms with Crippen molar-refractivity contribution in [3.8, 4) is 11.5 Å². The maximum atomic E-state index is 12.3. The molecule has 0 fully saturated rings. The third-order valence-electron chi connectivity index (χ3n) is 4.10. The van der Waals surface area contributed by atoms with E-state index in [9.17, 15) is 14.4 Å². The second-order valence-electron chi connectivity index (χ2n) is 7.90. The van der Waals surface area contributed by atoms with Gasteiger partial charge in [-0.25, -0.2) is 0 Å². The number of likely N-dealkylation sites (N-methyl/N-ethyl adjacent to an activating group) is 1. The highest BCUT2D eigenvalue weighted by atomic mass is 32.1. The molecule has 1 aromatic carbocycles. The molecule has 0 unspecified atom stereocenters. The van der Waals surface area contributed by atoms with Gasteiger partial charge in [-0.1, -0.05) is 26.8 Å². The number of amides is 1. The molecule has 0 aliphatic heterocycles. The molecule has 1 N–H and O–H groups in total. The van der Waals surface area contributed by atoms with Crippen LogP contribution in [0.4, 0.5) is 0 Å². The van der Waals surface area contributed by atoms with Gasteiger partial charge in [0.2, 0.25) is 0 Å². The zero-order valence-electron chi connectivity index (χ0n) is 18.2. The Labute approximate surface area is 179 Å². The van der Waals surface area contributed by atoms with E-state index in [4.69, 9.17) is 9.47 Å². The Bertz CT molecular complexity index is 1090. The zero-order chi connectivity index (χ0) is 22.5. The molecule has 30 heavy (non-hydrogen) atoms. The van der Waals surface area contributed by atoms with Crippen molar-refractivity contribution < 1.29 is 19.1 Å². The quantitative estimate of drug-likeness (QED) is 0.717. The Hall–Kier alpha value is -2.87. The molecule has 2 aromatic rings. The summed E-state index contributed by atoms with van der Waals surface area (Å²) in [5.74, 6) is 0.723. The van der Waals surface area contributed by atoms with Crippen molar-refractivity contribution in [1.82, 2.24) is 9.88 Å². The Morgan fingerprint density at radius 2 is 1.87 bits per heavy atom. The van der Waals surface area contributed by atoms with Crippen LogP contribution >= 0.6 is 11.3 Å². The molecule has 1 heterocycles. The lowest BCUT2D eigenvalue weighted by molar-refractivity contribution is -0.130. The first kappa shape index (κ1) is 23.4. The van der Waals surface area contributed by atoms with E-state index in [1.54, 1.807) is 38.4 Å². The van der Waals surface area contributed by atoms with E-state index >= 15 is 0 Å². The molecule has 0 aliphatic rings. The molecule has 0 saturated carbocycles. The number of aromatic amines is 1. The molecule has 1 amide bonds. The van der Waals surface area contributed by atoms with Gasteiger partial charge in [-0.15, -0.1) is 11.3 Å². The number of benzene rings is 1. The number of carbonyl (C=O) groups is 2. The fourth-order valence-corrected chi connectivity index (χ4v) is 3.17. The summed E-state index contributed by atoms with van der Waals surface area (Å²) in [7, 11) is 3.32. The number of ketones is 1. The molecular formula is C22H28N2O5S. The first-order chi connectivity index (χ1) is 14.0. The summed E-state index contributed by atoms with van der Waals surface area (Å²) in [5.41, 5.74) is -0.0328. The number of Topliss-reactive ketones (excluding diaryl/α,β-unsaturated/α-hetero) is 1. The van der Waals surface area contributed by atoms with E-state index in [0.717, 1.165) is 5.56 Å². The normalized spacial score (nSPS) is 12.7. The van der Waals surface area contributed by atoms with Crippen LogP contribution in [-0.2, 0) is 9.59 Å². The Kier molecular flexibility index (Phi) is 7.61. The maximum Gasteiger partial charge on any atom is 0.266 e. The summed E-state index contributed by atoms with van der Waals surface area (Å²) in [6, 6.07) is 5.24. The number of ether oxygens (including phenoxy) is 2. The van der Waals surface area contributed by atoms with Gasteiger partial charge in [0.25, 0.3) is 11.5 Å². The van der Waals surface area contributed by atoms with Crippen molar-refractivity contribution in [3.05, 3.63) is 43.3 Å². The third-order valence-corrected chi connectivity index (χ3v) is 5.06. The molecule has 0 saturated heterocycles. The van der Waals surface area contributed by atoms with Crippen LogP contribution in [0.15, 0.2) is 23.0 Å². The van der Waals surface area contributed by atoms with Gasteiger partial charge >= 0.3 is 0 Å². The molecular weight excluding hydrogens is 404 g/mol. The number of rotatable bonds is 7. The SMILES string of the molecule is CCOc1cc(/C=c2/s/c(=C/C(=O)C(C)(C)C)[nH]c2=O)ccc1OCC(=O)N(C)C. The number of nitrogens with one attached hydrogen (secondary N) is 1. The second-order valence-corrected chi connectivity index (χ2v) is 8.99. The van der Waals surface area contributed by atoms with E-state index in [-0.39, 0.29) is 23.9 Å². The van der Waals surface area contributed by atoms with Crippen LogP contribution in [0.1, 0.15) is 33.3 Å². The molecule has 0 spiro atoms. The van der Waals surface area contributed by atoms with Gasteiger partial charge in [0.05, 0.1) is 15.8 Å². The topological polar surface area (TPSA) is 88.7 Å². The Balaban J connectivity index is 2.36. The highest BCUT2D eigenvalue weighted by Crippen LogP contribution is 2.28. The Morgan fingerprint density at radius 3 is 2.47 bits per heavy atom. The number of hydrogen-bond donors (Lipinski definition) is 1. The lowest BCUT2D eigenvalue weighted by Gasteiger charge is -2.14. The predicted molar refractivity (Wildman–Crippen MR) is 118 cm³/mol. The summed E-state index contributed by atoms with van der Waals surface area (Å²) in [4.78, 5) is 40.4. The largest absolute Gasteiger partial charge is 0.490 e. The number of nitrogens with zero attached hydrogens (tertiary/aromatic N) is 1. The summed E-state index contributed by atoms with van der Waals surface area (Å²) < 4.78 is 12.2. The van der Waals surface area contributed by atoms with Crippen molar-refractivity contribution in [2.45, 2.75) is 27.7 Å². The molecule has 0 bridgehead atoms. The van der Waals surface area contributed by atoms with E-state index < -0.39 is 5.41 Å². The lowest BCUT2D eigenvalue weighted by Crippen LogP contribution is -2.27. The fourth-order valence-electron chi connectivity index (χ4n) is 2.28. The summed E-state index contributed by atoms with van der Waals surface area (Å²) in [5, 5.41) is 0. The van der Waals surface area contributed by atoms with Crippen molar-refractivity contribution in [2.24, 2.45) is 5.41 Å². The molecule has 162 valence electrons. The number of carbonyl (C=O) groups excluding carboxylic acids is 2. The van der Waals surface area contributed by atoms with Gasteiger partial charge in [0, 0.05) is 25.6 Å². The first-order valence-electron chi connectivity index (χ1n) is 9.58. The van der Waals surface area contributed by atoms with Crippen LogP contribution in [0.5, 0.6) is 11.5 Å². The van der Waals surface area contributed by atoms with Crippen LogP contribution in [0.2, 0.25) is 0 Å². The average Bonchev–Trinajstić information content (AvgIpc) is 2.99. The van der Waals surface area contributed by atoms with Gasteiger partial charge in [-0.2, -0.15) is 0 Å². The first-order valence-corrected chi connectivity index (χ1v) is 10.4. The summed E-state index contributed by atoms with van der Waals surface area (Å²) in [6.07, 6.45) is 3.19. The molecule has 2 rings (SSSR count). The van der Waals surface area contributed by atoms with Crippen molar-refractivity contribution in [1.29, 1.82) is 0 Å². The van der Waals surface area contributed by atoms with Crippen molar-refractivity contribution >= 4 is 35.2 Å². The van der Waals surface area contributed by atoms with Crippen LogP contribution < -0.4 is 24.2 Å². The van der Waals surface area contributed by atoms with E-state index in [2.05, 4.69) is 4.98 Å². The van der Waals surface area contributed by atoms with Crippen LogP contribution in [-0.4, -0.2) is 48.9 Å². The van der Waals surface area contributed by atoms with Crippen molar-refractivity contribution in [3.63, 3.8) is 0 Å². The van der Waals surface area contributed by atoms with E-state index in [0.29, 0.717) is 27.3 Å². The smallest absolute Gasteiger partial charge is 0.266 e. The highest BCUT2D eigenvalue weighted by molar-refractivity contribution is 7.07. The number of thiazole rings is 1. The average molecular weight is 433 g/mol. The third kappa shape index (κ3) is 6.32. The van der Waals surface area contributed by atoms with Crippen LogP contribution in [0.25, 0.3) is 12.2 Å². The molecule has 7 nitrogen and oxygen atoms in total. The minimum Gasteiger partial charge on any atom is -0.490 e. The van der Waals surface area contributed by atoms with Crippen molar-refractivity contribution in [2.75, 3.05) is 27.3 Å². The fraction of sp³-hybridized carbons (Fsp3) is 0.409. The second kappa shape index (κ2) is 9.75. The summed E-state index contributed by atoms with van der Waals surface area (Å²) in [6.45, 7) is 7.67. The molecule has 0 radical (unpaired) electrons. The highest BCUT2D eigenvalue weighted by Gasteiger charge is 2.18. The van der Waals surface area contributed by atoms with E-state index in [1.165, 1.54) is 22.3 Å². The standard InChI is InChI=1S/C22H28N2O5S/c1-7-28-16-10-14(8-9-15(16)29-13-20(26)24(5)6)11-17-21(27)23-19(30-17)12-18(25)22(2,3)4/h8-12H,7,13H2,1-6H3,(H,23,27)/b17-11+,19-12+. The van der Waals surface area contributed by atoms with Gasteiger partial charge < -0.3 is 19.4 Å². The summed E-state index contributed by atoms with van der Waals surface area (Å²) >= 11 is 1.22. The number of hydrogen-bond acceptors (Lipinski definition) is 6. The minimum atomic E-state index is -0.513. The predicted octanol–water partition coefficient (Wildman–Crippen LogP) is 1.53. The van der Waals surface area contributed by atoms with Crippen LogP contribution in [0, 0.1) is 5.41 Å². The number of aromatic nitrogens is 1.